The number of sulfonamides is 1. The van der Waals surface area contributed by atoms with E-state index in [0.29, 0.717) is 25.8 Å². The molecule has 27 heavy (non-hydrogen) atoms. The molecule has 3 rings (SSSR count). The van der Waals surface area contributed by atoms with E-state index < -0.39 is 27.8 Å². The van der Waals surface area contributed by atoms with E-state index in [2.05, 4.69) is 0 Å². The molecule has 0 spiro atoms. The summed E-state index contributed by atoms with van der Waals surface area (Å²) >= 11 is 5.69. The van der Waals surface area contributed by atoms with Crippen molar-refractivity contribution in [3.8, 4) is 0 Å². The molecule has 0 aliphatic carbocycles. The second-order valence-corrected chi connectivity index (χ2v) is 9.19. The highest BCUT2D eigenvalue weighted by Crippen LogP contribution is 2.29. The van der Waals surface area contributed by atoms with Crippen LogP contribution < -0.4 is 5.73 Å². The number of rotatable bonds is 4. The normalized spacial score (nSPS) is 22.1. The zero-order chi connectivity index (χ0) is 19.8. The molecule has 0 saturated carbocycles. The number of benzene rings is 1. The van der Waals surface area contributed by atoms with E-state index in [1.165, 1.54) is 15.3 Å². The summed E-state index contributed by atoms with van der Waals surface area (Å²) in [6.45, 7) is 0.838. The van der Waals surface area contributed by atoms with Crippen LogP contribution in [0, 0.1) is 11.7 Å². The van der Waals surface area contributed by atoms with E-state index in [0.717, 1.165) is 18.6 Å². The smallest absolute Gasteiger partial charge is 0.243 e. The van der Waals surface area contributed by atoms with Crippen LogP contribution >= 0.6 is 11.6 Å². The molecule has 2 aliphatic rings. The van der Waals surface area contributed by atoms with Crippen LogP contribution in [-0.4, -0.2) is 55.1 Å². The zero-order valence-corrected chi connectivity index (χ0v) is 16.2. The van der Waals surface area contributed by atoms with Gasteiger partial charge in [-0.3, -0.25) is 9.59 Å². The van der Waals surface area contributed by atoms with Crippen molar-refractivity contribution in [2.45, 2.75) is 36.6 Å². The van der Waals surface area contributed by atoms with Gasteiger partial charge in [-0.15, -0.1) is 0 Å². The highest BCUT2D eigenvalue weighted by molar-refractivity contribution is 7.89. The molecule has 2 aliphatic heterocycles. The van der Waals surface area contributed by atoms with Gasteiger partial charge in [0.2, 0.25) is 21.8 Å². The second kappa shape index (κ2) is 7.73. The molecule has 148 valence electrons. The molecule has 2 saturated heterocycles. The van der Waals surface area contributed by atoms with Gasteiger partial charge in [-0.25, -0.2) is 12.8 Å². The van der Waals surface area contributed by atoms with Crippen LogP contribution in [0.5, 0.6) is 0 Å². The molecule has 7 nitrogen and oxygen atoms in total. The van der Waals surface area contributed by atoms with Crippen molar-refractivity contribution in [2.24, 2.45) is 11.7 Å². The zero-order valence-electron chi connectivity index (χ0n) is 14.6. The first-order chi connectivity index (χ1) is 12.7. The van der Waals surface area contributed by atoms with Gasteiger partial charge < -0.3 is 10.6 Å². The molecule has 2 amide bonds. The third-order valence-electron chi connectivity index (χ3n) is 5.20. The van der Waals surface area contributed by atoms with Crippen LogP contribution in [0.2, 0.25) is 5.02 Å². The van der Waals surface area contributed by atoms with Gasteiger partial charge in [0.25, 0.3) is 0 Å². The Hall–Kier alpha value is -1.71. The Balaban J connectivity index is 1.67. The summed E-state index contributed by atoms with van der Waals surface area (Å²) < 4.78 is 40.0. The molecule has 0 radical (unpaired) electrons. The van der Waals surface area contributed by atoms with Gasteiger partial charge in [0.1, 0.15) is 11.9 Å². The number of hydrogen-bond donors (Lipinski definition) is 1. The number of primary amides is 1. The van der Waals surface area contributed by atoms with E-state index in [1.807, 2.05) is 0 Å². The van der Waals surface area contributed by atoms with Crippen LogP contribution in [0.1, 0.15) is 25.7 Å². The molecule has 10 heteroatoms. The average Bonchev–Trinajstić information content (AvgIpc) is 3.13. The Kier molecular flexibility index (Phi) is 5.73. The van der Waals surface area contributed by atoms with Gasteiger partial charge in [0.05, 0.1) is 9.92 Å². The minimum absolute atomic E-state index is 0.0768. The predicted octanol–water partition coefficient (Wildman–Crippen LogP) is 1.36. The molecule has 1 aromatic rings. The van der Waals surface area contributed by atoms with Crippen molar-refractivity contribution < 1.29 is 22.4 Å². The fraction of sp³-hybridized carbons (Fsp3) is 0.529. The number of hydrogen-bond acceptors (Lipinski definition) is 4. The molecule has 1 aromatic carbocycles. The highest BCUT2D eigenvalue weighted by atomic mass is 35.5. The lowest BCUT2D eigenvalue weighted by Crippen LogP contribution is -2.49. The maximum atomic E-state index is 13.3. The quantitative estimate of drug-likeness (QED) is 0.799. The van der Waals surface area contributed by atoms with Crippen molar-refractivity contribution in [2.75, 3.05) is 19.6 Å². The summed E-state index contributed by atoms with van der Waals surface area (Å²) in [4.78, 5) is 25.7. The number of carbonyl (C=O) groups excluding carboxylic acids is 2. The Morgan fingerprint density at radius 3 is 2.41 bits per heavy atom. The summed E-state index contributed by atoms with van der Waals surface area (Å²) in [6, 6.07) is 2.71. The van der Waals surface area contributed by atoms with Crippen LogP contribution in [0.3, 0.4) is 0 Å². The molecule has 1 unspecified atom stereocenters. The lowest BCUT2D eigenvalue weighted by molar-refractivity contribution is -0.141. The topological polar surface area (TPSA) is 101 Å². The van der Waals surface area contributed by atoms with E-state index in [1.54, 1.807) is 0 Å². The SMILES string of the molecule is NC(=O)C1CCCN1C(=O)C1CCN(S(=O)(=O)c2ccc(F)c(Cl)c2)CC1. The molecule has 0 bridgehead atoms. The summed E-state index contributed by atoms with van der Waals surface area (Å²) in [5, 5.41) is -0.257. The minimum atomic E-state index is -3.81. The lowest BCUT2D eigenvalue weighted by atomic mass is 9.96. The lowest BCUT2D eigenvalue weighted by Gasteiger charge is -2.33. The van der Waals surface area contributed by atoms with Gasteiger partial charge in [0.15, 0.2) is 0 Å². The summed E-state index contributed by atoms with van der Waals surface area (Å²) in [5.74, 6) is -1.67. The van der Waals surface area contributed by atoms with Crippen LogP contribution in [0.15, 0.2) is 23.1 Å². The number of carbonyl (C=O) groups is 2. The molecule has 1 atom stereocenters. The molecule has 2 N–H and O–H groups in total. The summed E-state index contributed by atoms with van der Waals surface area (Å²) in [7, 11) is -3.81. The van der Waals surface area contributed by atoms with Crippen LogP contribution in [0.25, 0.3) is 0 Å². The molecular weight excluding hydrogens is 397 g/mol. The van der Waals surface area contributed by atoms with Crippen molar-refractivity contribution >= 4 is 33.4 Å². The van der Waals surface area contributed by atoms with Gasteiger partial charge in [-0.1, -0.05) is 11.6 Å². The van der Waals surface area contributed by atoms with Gasteiger partial charge >= 0.3 is 0 Å². The molecule has 2 heterocycles. The highest BCUT2D eigenvalue weighted by Gasteiger charge is 2.38. The molecule has 0 aromatic heterocycles. The Labute approximate surface area is 162 Å². The van der Waals surface area contributed by atoms with E-state index in [-0.39, 0.29) is 34.8 Å². The van der Waals surface area contributed by atoms with Crippen molar-refractivity contribution in [3.63, 3.8) is 0 Å². The van der Waals surface area contributed by atoms with Crippen molar-refractivity contribution in [3.05, 3.63) is 29.0 Å². The fourth-order valence-corrected chi connectivity index (χ4v) is 5.43. The van der Waals surface area contributed by atoms with Gasteiger partial charge in [-0.2, -0.15) is 4.31 Å². The number of nitrogens with two attached hydrogens (primary N) is 1. The first kappa shape index (κ1) is 20.0. The number of halogens is 2. The molecular formula is C17H21ClFN3O4S. The van der Waals surface area contributed by atoms with Crippen LogP contribution in [0.4, 0.5) is 4.39 Å². The molecule has 2 fully saturated rings. The second-order valence-electron chi connectivity index (χ2n) is 6.85. The number of amides is 2. The Bertz CT molecular complexity index is 856. The standard InChI is InChI=1S/C17H21ClFN3O4S/c18-13-10-12(3-4-14(13)19)27(25,26)21-8-5-11(6-9-21)17(24)22-7-1-2-15(22)16(20)23/h3-4,10-11,15H,1-2,5-9H2,(H2,20,23). The van der Waals surface area contributed by atoms with Gasteiger partial charge in [-0.05, 0) is 43.9 Å². The monoisotopic (exact) mass is 417 g/mol. The maximum Gasteiger partial charge on any atom is 0.243 e. The number of likely N-dealkylation sites (tertiary alicyclic amines) is 1. The summed E-state index contributed by atoms with van der Waals surface area (Å²) in [6.07, 6.45) is 2.02. The third kappa shape index (κ3) is 3.95. The van der Waals surface area contributed by atoms with E-state index >= 15 is 0 Å². The third-order valence-corrected chi connectivity index (χ3v) is 7.38. The predicted molar refractivity (Wildman–Crippen MR) is 96.8 cm³/mol. The largest absolute Gasteiger partial charge is 0.368 e. The Morgan fingerprint density at radius 1 is 1.15 bits per heavy atom. The van der Waals surface area contributed by atoms with Crippen molar-refractivity contribution in [1.29, 1.82) is 0 Å². The maximum absolute atomic E-state index is 13.3. The van der Waals surface area contributed by atoms with E-state index in [4.69, 9.17) is 17.3 Å². The van der Waals surface area contributed by atoms with Gasteiger partial charge in [0, 0.05) is 25.6 Å². The first-order valence-electron chi connectivity index (χ1n) is 8.77. The Morgan fingerprint density at radius 2 is 1.81 bits per heavy atom. The first-order valence-corrected chi connectivity index (χ1v) is 10.6. The number of nitrogens with zero attached hydrogens (tertiary/aromatic N) is 2. The van der Waals surface area contributed by atoms with E-state index in [9.17, 15) is 22.4 Å². The number of piperidine rings is 1. The average molecular weight is 418 g/mol. The fourth-order valence-electron chi connectivity index (χ4n) is 3.69. The van der Waals surface area contributed by atoms with Crippen LogP contribution in [-0.2, 0) is 19.6 Å². The summed E-state index contributed by atoms with van der Waals surface area (Å²) in [5.41, 5.74) is 5.36. The van der Waals surface area contributed by atoms with Crippen molar-refractivity contribution in [1.82, 2.24) is 9.21 Å². The minimum Gasteiger partial charge on any atom is -0.368 e.